The fourth-order valence-electron chi connectivity index (χ4n) is 7.89. The summed E-state index contributed by atoms with van der Waals surface area (Å²) in [5.74, 6) is -2.21. The van der Waals surface area contributed by atoms with Gasteiger partial charge in [0.2, 0.25) is 0 Å². The number of esters is 5. The van der Waals surface area contributed by atoms with Gasteiger partial charge in [0.1, 0.15) is 32.0 Å². The zero-order valence-corrected chi connectivity index (χ0v) is 40.8. The summed E-state index contributed by atoms with van der Waals surface area (Å²) in [5.41, 5.74) is 0. The summed E-state index contributed by atoms with van der Waals surface area (Å²) in [7, 11) is 0. The molecule has 0 saturated carbocycles. The topological polar surface area (TPSA) is 135 Å². The first-order valence-electron chi connectivity index (χ1n) is 25.7. The maximum atomic E-state index is 12.8. The second kappa shape index (κ2) is 42.9. The van der Waals surface area contributed by atoms with Gasteiger partial charge in [-0.15, -0.1) is 26.3 Å². The molecule has 0 aromatic rings. The second-order valence-corrected chi connectivity index (χ2v) is 17.9. The standard InChI is InChI=1S/C54H91NO10/c1-5-9-13-17-21-32-48(33-22-18-14-10-6-2)64-53(59)38-27-25-36-50(56)61-44-47(46-63-52(58)40-31-43-55-41-29-30-42-55)45-62-51(57)37-26-28-39-54(60)65-49(34-23-19-15-11-7-3)35-24-20-16-12-8-4/h5-8,47-49H,1-4,9-46H2. The second-order valence-electron chi connectivity index (χ2n) is 17.9. The largest absolute Gasteiger partial charge is 0.465 e. The molecule has 65 heavy (non-hydrogen) atoms. The fourth-order valence-corrected chi connectivity index (χ4v) is 7.89. The van der Waals surface area contributed by atoms with E-state index < -0.39 is 17.9 Å². The van der Waals surface area contributed by atoms with Crippen LogP contribution in [0.1, 0.15) is 205 Å². The minimum Gasteiger partial charge on any atom is -0.465 e. The first kappa shape index (κ1) is 59.3. The maximum Gasteiger partial charge on any atom is 0.306 e. The molecule has 1 aliphatic rings. The van der Waals surface area contributed by atoms with Crippen LogP contribution in [0, 0.1) is 5.92 Å². The first-order chi connectivity index (χ1) is 31.7. The first-order valence-corrected chi connectivity index (χ1v) is 25.7. The van der Waals surface area contributed by atoms with Crippen LogP contribution in [-0.4, -0.2) is 86.4 Å². The van der Waals surface area contributed by atoms with E-state index in [1.165, 1.54) is 12.8 Å². The van der Waals surface area contributed by atoms with E-state index >= 15 is 0 Å². The molecular weight excluding hydrogens is 823 g/mol. The zero-order valence-electron chi connectivity index (χ0n) is 40.8. The summed E-state index contributed by atoms with van der Waals surface area (Å²) in [6.45, 7) is 17.9. The molecule has 372 valence electrons. The number of likely N-dealkylation sites (tertiary alicyclic amines) is 1. The van der Waals surface area contributed by atoms with E-state index in [0.717, 1.165) is 148 Å². The molecule has 1 rings (SSSR count). The summed E-state index contributed by atoms with van der Waals surface area (Å²) in [5, 5.41) is 0. The minimum atomic E-state index is -0.536. The Balaban J connectivity index is 2.56. The van der Waals surface area contributed by atoms with Gasteiger partial charge < -0.3 is 28.6 Å². The van der Waals surface area contributed by atoms with Crippen molar-refractivity contribution in [2.24, 2.45) is 5.92 Å². The lowest BCUT2D eigenvalue weighted by Gasteiger charge is -2.19. The SMILES string of the molecule is C=CCCCCCC(CCCCCC=C)OC(=O)CCCCC(=O)OCC(COC(=O)CCCCC(=O)OC(CCCCCC=C)CCCCCC=C)COC(=O)CCCN1CCCC1. The number of carbonyl (C=O) groups excluding carboxylic acids is 5. The van der Waals surface area contributed by atoms with Gasteiger partial charge >= 0.3 is 29.8 Å². The van der Waals surface area contributed by atoms with Crippen molar-refractivity contribution in [3.63, 3.8) is 0 Å². The lowest BCUT2D eigenvalue weighted by molar-refractivity contribution is -0.155. The summed E-state index contributed by atoms with van der Waals surface area (Å²) in [4.78, 5) is 66.0. The third kappa shape index (κ3) is 37.1. The Bertz CT molecular complexity index is 1180. The molecule has 0 unspecified atom stereocenters. The van der Waals surface area contributed by atoms with E-state index in [-0.39, 0.29) is 82.0 Å². The van der Waals surface area contributed by atoms with Crippen molar-refractivity contribution in [2.75, 3.05) is 39.5 Å². The Hall–Kier alpha value is -3.73. The van der Waals surface area contributed by atoms with Gasteiger partial charge in [0.05, 0.1) is 5.92 Å². The molecule has 0 radical (unpaired) electrons. The smallest absolute Gasteiger partial charge is 0.306 e. The molecule has 0 aromatic heterocycles. The average Bonchev–Trinajstić information content (AvgIpc) is 3.82. The molecule has 11 nitrogen and oxygen atoms in total. The molecule has 1 aliphatic heterocycles. The van der Waals surface area contributed by atoms with Crippen molar-refractivity contribution in [1.82, 2.24) is 4.90 Å². The van der Waals surface area contributed by atoms with Crippen molar-refractivity contribution < 1.29 is 47.7 Å². The van der Waals surface area contributed by atoms with Gasteiger partial charge in [-0.3, -0.25) is 24.0 Å². The number of nitrogens with zero attached hydrogens (tertiary/aromatic N) is 1. The minimum absolute atomic E-state index is 0.0475. The molecule has 0 spiro atoms. The monoisotopic (exact) mass is 914 g/mol. The normalized spacial score (nSPS) is 12.6. The van der Waals surface area contributed by atoms with E-state index in [1.54, 1.807) is 0 Å². The Morgan fingerprint density at radius 1 is 0.400 bits per heavy atom. The van der Waals surface area contributed by atoms with Crippen LogP contribution in [0.5, 0.6) is 0 Å². The Morgan fingerprint density at radius 3 is 1.03 bits per heavy atom. The number of hydrogen-bond donors (Lipinski definition) is 0. The van der Waals surface area contributed by atoms with Gasteiger partial charge in [-0.2, -0.15) is 0 Å². The van der Waals surface area contributed by atoms with E-state index in [9.17, 15) is 24.0 Å². The van der Waals surface area contributed by atoms with Gasteiger partial charge in [0.25, 0.3) is 0 Å². The Kier molecular flexibility index (Phi) is 39.1. The van der Waals surface area contributed by atoms with Crippen LogP contribution in [0.25, 0.3) is 0 Å². The number of hydrogen-bond acceptors (Lipinski definition) is 11. The Morgan fingerprint density at radius 2 is 0.708 bits per heavy atom. The van der Waals surface area contributed by atoms with Crippen LogP contribution >= 0.6 is 0 Å². The molecule has 1 heterocycles. The molecule has 11 heteroatoms. The predicted octanol–water partition coefficient (Wildman–Crippen LogP) is 12.6. The van der Waals surface area contributed by atoms with E-state index in [2.05, 4.69) is 31.2 Å². The fraction of sp³-hybridized carbons (Fsp3) is 0.759. The van der Waals surface area contributed by atoms with Gasteiger partial charge in [-0.25, -0.2) is 0 Å². The summed E-state index contributed by atoms with van der Waals surface area (Å²) >= 11 is 0. The van der Waals surface area contributed by atoms with Crippen LogP contribution in [0.15, 0.2) is 50.6 Å². The number of carbonyl (C=O) groups is 5. The molecule has 0 N–H and O–H groups in total. The third-order valence-electron chi connectivity index (χ3n) is 11.9. The molecule has 0 amide bonds. The van der Waals surface area contributed by atoms with Crippen LogP contribution in [-0.2, 0) is 47.7 Å². The average molecular weight is 914 g/mol. The maximum absolute atomic E-state index is 12.8. The van der Waals surface area contributed by atoms with E-state index in [4.69, 9.17) is 23.7 Å². The lowest BCUT2D eigenvalue weighted by Crippen LogP contribution is -2.27. The van der Waals surface area contributed by atoms with Gasteiger partial charge in [-0.05, 0) is 167 Å². The van der Waals surface area contributed by atoms with Crippen molar-refractivity contribution in [1.29, 1.82) is 0 Å². The summed E-state index contributed by atoms with van der Waals surface area (Å²) in [6, 6.07) is 0. The van der Waals surface area contributed by atoms with Crippen LogP contribution in [0.3, 0.4) is 0 Å². The van der Waals surface area contributed by atoms with Crippen LogP contribution in [0.4, 0.5) is 0 Å². The van der Waals surface area contributed by atoms with Crippen molar-refractivity contribution in [2.45, 2.75) is 218 Å². The van der Waals surface area contributed by atoms with Crippen LogP contribution in [0.2, 0.25) is 0 Å². The number of rotatable bonds is 46. The molecule has 1 saturated heterocycles. The van der Waals surface area contributed by atoms with E-state index in [0.29, 0.717) is 32.1 Å². The van der Waals surface area contributed by atoms with Crippen LogP contribution < -0.4 is 0 Å². The highest BCUT2D eigenvalue weighted by Gasteiger charge is 2.20. The highest BCUT2D eigenvalue weighted by Crippen LogP contribution is 2.19. The molecule has 0 aliphatic carbocycles. The summed E-state index contributed by atoms with van der Waals surface area (Å²) < 4.78 is 28.4. The molecular formula is C54H91NO10. The molecule has 0 atom stereocenters. The number of allylic oxidation sites excluding steroid dienone is 4. The van der Waals surface area contributed by atoms with Crippen molar-refractivity contribution in [3.8, 4) is 0 Å². The lowest BCUT2D eigenvalue weighted by atomic mass is 10.0. The molecule has 0 aromatic carbocycles. The Labute approximate surface area is 394 Å². The number of unbranched alkanes of at least 4 members (excludes halogenated alkanes) is 14. The van der Waals surface area contributed by atoms with Gasteiger partial charge in [-0.1, -0.05) is 50.0 Å². The van der Waals surface area contributed by atoms with Gasteiger partial charge in [0, 0.05) is 32.1 Å². The molecule has 1 fully saturated rings. The zero-order chi connectivity index (χ0) is 47.4. The van der Waals surface area contributed by atoms with Crippen molar-refractivity contribution in [3.05, 3.63) is 50.6 Å². The van der Waals surface area contributed by atoms with Gasteiger partial charge in [0.15, 0.2) is 0 Å². The highest BCUT2D eigenvalue weighted by atomic mass is 16.6. The van der Waals surface area contributed by atoms with E-state index in [1.807, 2.05) is 24.3 Å². The quantitative estimate of drug-likeness (QED) is 0.0250. The predicted molar refractivity (Wildman–Crippen MR) is 261 cm³/mol. The highest BCUT2D eigenvalue weighted by molar-refractivity contribution is 5.71. The third-order valence-corrected chi connectivity index (χ3v) is 11.9. The van der Waals surface area contributed by atoms with Crippen molar-refractivity contribution >= 4 is 29.8 Å². The summed E-state index contributed by atoms with van der Waals surface area (Å²) in [6.07, 6.45) is 33.7. The number of ether oxygens (including phenoxy) is 5. The molecule has 0 bridgehead atoms.